The van der Waals surface area contributed by atoms with Gasteiger partial charge in [0.1, 0.15) is 6.04 Å². The van der Waals surface area contributed by atoms with E-state index < -0.39 is 0 Å². The van der Waals surface area contributed by atoms with Gasteiger partial charge in [0.05, 0.1) is 12.7 Å². The van der Waals surface area contributed by atoms with E-state index in [1.807, 2.05) is 6.92 Å². The monoisotopic (exact) mass is 317 g/mol. The maximum absolute atomic E-state index is 12.3. The van der Waals surface area contributed by atoms with Crippen LogP contribution in [-0.2, 0) is 19.7 Å². The molecule has 1 saturated heterocycles. The maximum Gasteiger partial charge on any atom is 0.328 e. The molecule has 0 aromatic heterocycles. The van der Waals surface area contributed by atoms with Crippen LogP contribution < -0.4 is 5.32 Å². The fourth-order valence-corrected chi connectivity index (χ4v) is 3.60. The standard InChI is InChI=1S/C19H27NO3/c1-5-22-18(21)16-13-7-6-10-23-17(13)14-11-12(19(2,3)4)8-9-15(14)20-16/h8-9,11,13,16-17,20H,5-7,10H2,1-4H3/t13-,16-,17-/m0/s1. The van der Waals surface area contributed by atoms with Crippen molar-refractivity contribution in [2.75, 3.05) is 18.5 Å². The Hall–Kier alpha value is -1.55. The molecule has 1 aromatic rings. The van der Waals surface area contributed by atoms with Gasteiger partial charge in [-0.25, -0.2) is 4.79 Å². The molecule has 0 amide bonds. The molecule has 1 aromatic carbocycles. The number of carbonyl (C=O) groups excluding carboxylic acids is 1. The van der Waals surface area contributed by atoms with Gasteiger partial charge in [-0.3, -0.25) is 0 Å². The van der Waals surface area contributed by atoms with Gasteiger partial charge in [-0.2, -0.15) is 0 Å². The Kier molecular flexibility index (Phi) is 4.37. The number of nitrogens with one attached hydrogen (secondary N) is 1. The lowest BCUT2D eigenvalue weighted by Crippen LogP contribution is -2.46. The predicted molar refractivity (Wildman–Crippen MR) is 90.6 cm³/mol. The molecule has 23 heavy (non-hydrogen) atoms. The lowest BCUT2D eigenvalue weighted by molar-refractivity contribution is -0.149. The highest BCUT2D eigenvalue weighted by Gasteiger charge is 2.43. The zero-order valence-electron chi connectivity index (χ0n) is 14.5. The van der Waals surface area contributed by atoms with Crippen molar-refractivity contribution in [1.82, 2.24) is 0 Å². The minimum absolute atomic E-state index is 0.0169. The van der Waals surface area contributed by atoms with Crippen molar-refractivity contribution < 1.29 is 14.3 Å². The van der Waals surface area contributed by atoms with Gasteiger partial charge in [0.15, 0.2) is 0 Å². The van der Waals surface area contributed by atoms with E-state index >= 15 is 0 Å². The van der Waals surface area contributed by atoms with Crippen molar-refractivity contribution in [1.29, 1.82) is 0 Å². The Labute approximate surface area is 138 Å². The van der Waals surface area contributed by atoms with Gasteiger partial charge in [0.2, 0.25) is 0 Å². The third kappa shape index (κ3) is 3.09. The van der Waals surface area contributed by atoms with Crippen LogP contribution in [0.2, 0.25) is 0 Å². The van der Waals surface area contributed by atoms with Gasteiger partial charge in [-0.05, 0) is 36.8 Å². The van der Waals surface area contributed by atoms with E-state index in [-0.39, 0.29) is 29.4 Å². The van der Waals surface area contributed by atoms with E-state index in [9.17, 15) is 4.79 Å². The Morgan fingerprint density at radius 1 is 1.39 bits per heavy atom. The highest BCUT2D eigenvalue weighted by molar-refractivity contribution is 5.81. The van der Waals surface area contributed by atoms with Crippen LogP contribution in [0.15, 0.2) is 18.2 Å². The number of esters is 1. The Morgan fingerprint density at radius 3 is 2.87 bits per heavy atom. The quantitative estimate of drug-likeness (QED) is 0.843. The fourth-order valence-electron chi connectivity index (χ4n) is 3.60. The summed E-state index contributed by atoms with van der Waals surface area (Å²) in [6.07, 6.45) is 1.96. The first-order valence-corrected chi connectivity index (χ1v) is 8.61. The Bertz CT molecular complexity index is 591. The summed E-state index contributed by atoms with van der Waals surface area (Å²) >= 11 is 0. The molecule has 4 heteroatoms. The number of rotatable bonds is 2. The number of anilines is 1. The topological polar surface area (TPSA) is 47.6 Å². The molecule has 0 aliphatic carbocycles. The number of ether oxygens (including phenoxy) is 2. The lowest BCUT2D eigenvalue weighted by Gasteiger charge is -2.42. The second-order valence-electron chi connectivity index (χ2n) is 7.52. The molecular formula is C19H27NO3. The van der Waals surface area contributed by atoms with E-state index in [1.165, 1.54) is 11.1 Å². The third-order valence-electron chi connectivity index (χ3n) is 4.87. The van der Waals surface area contributed by atoms with Crippen LogP contribution in [0.3, 0.4) is 0 Å². The van der Waals surface area contributed by atoms with Crippen molar-refractivity contribution in [2.45, 2.75) is 58.1 Å². The van der Waals surface area contributed by atoms with Crippen LogP contribution in [0.4, 0.5) is 5.69 Å². The molecule has 2 aliphatic heterocycles. The second-order valence-corrected chi connectivity index (χ2v) is 7.52. The van der Waals surface area contributed by atoms with E-state index in [2.05, 4.69) is 44.3 Å². The van der Waals surface area contributed by atoms with Gasteiger partial charge < -0.3 is 14.8 Å². The molecule has 0 saturated carbocycles. The summed E-state index contributed by atoms with van der Waals surface area (Å²) in [6.45, 7) is 9.66. The average Bonchev–Trinajstić information content (AvgIpc) is 2.53. The highest BCUT2D eigenvalue weighted by Crippen LogP contribution is 2.45. The van der Waals surface area contributed by atoms with Crippen molar-refractivity contribution in [2.24, 2.45) is 5.92 Å². The Balaban J connectivity index is 1.99. The molecule has 2 heterocycles. The largest absolute Gasteiger partial charge is 0.464 e. The van der Waals surface area contributed by atoms with Crippen LogP contribution in [-0.4, -0.2) is 25.2 Å². The second kappa shape index (κ2) is 6.16. The molecule has 0 radical (unpaired) electrons. The van der Waals surface area contributed by atoms with Crippen molar-refractivity contribution in [3.8, 4) is 0 Å². The summed E-state index contributed by atoms with van der Waals surface area (Å²) in [4.78, 5) is 12.3. The third-order valence-corrected chi connectivity index (χ3v) is 4.87. The zero-order chi connectivity index (χ0) is 16.6. The van der Waals surface area contributed by atoms with Crippen molar-refractivity contribution in [3.63, 3.8) is 0 Å². The maximum atomic E-state index is 12.3. The molecule has 2 aliphatic rings. The summed E-state index contributed by atoms with van der Waals surface area (Å²) in [5.74, 6) is -0.0240. The van der Waals surface area contributed by atoms with Gasteiger partial charge in [0.25, 0.3) is 0 Å². The molecule has 0 spiro atoms. The molecule has 1 N–H and O–H groups in total. The number of benzene rings is 1. The smallest absolute Gasteiger partial charge is 0.328 e. The molecule has 0 bridgehead atoms. The van der Waals surface area contributed by atoms with Crippen LogP contribution in [0.25, 0.3) is 0 Å². The molecule has 3 atom stereocenters. The summed E-state index contributed by atoms with van der Waals surface area (Å²) < 4.78 is 11.4. The van der Waals surface area contributed by atoms with Crippen LogP contribution >= 0.6 is 0 Å². The molecule has 1 fully saturated rings. The summed E-state index contributed by atoms with van der Waals surface area (Å²) in [5.41, 5.74) is 3.57. The Morgan fingerprint density at radius 2 is 2.17 bits per heavy atom. The first-order valence-electron chi connectivity index (χ1n) is 8.61. The van der Waals surface area contributed by atoms with Crippen LogP contribution in [0.5, 0.6) is 0 Å². The first kappa shape index (κ1) is 16.3. The van der Waals surface area contributed by atoms with Gasteiger partial charge in [-0.15, -0.1) is 0 Å². The van der Waals surface area contributed by atoms with E-state index in [0.29, 0.717) is 6.61 Å². The normalized spacial score (nSPS) is 26.7. The van der Waals surface area contributed by atoms with Gasteiger partial charge in [-0.1, -0.05) is 32.9 Å². The SMILES string of the molecule is CCOC(=O)[C@H]1Nc2ccc(C(C)(C)C)cc2[C@H]2OCCC[C@@H]12. The number of hydrogen-bond donors (Lipinski definition) is 1. The lowest BCUT2D eigenvalue weighted by atomic mass is 9.77. The molecule has 3 rings (SSSR count). The molecule has 4 nitrogen and oxygen atoms in total. The predicted octanol–water partition coefficient (Wildman–Crippen LogP) is 3.81. The fraction of sp³-hybridized carbons (Fsp3) is 0.632. The van der Waals surface area contributed by atoms with Crippen molar-refractivity contribution >= 4 is 11.7 Å². The van der Waals surface area contributed by atoms with Gasteiger partial charge >= 0.3 is 5.97 Å². The highest BCUT2D eigenvalue weighted by atomic mass is 16.5. The minimum atomic E-state index is -0.312. The number of hydrogen-bond acceptors (Lipinski definition) is 4. The van der Waals surface area contributed by atoms with E-state index in [4.69, 9.17) is 9.47 Å². The molecular weight excluding hydrogens is 290 g/mol. The molecule has 126 valence electrons. The van der Waals surface area contributed by atoms with Gasteiger partial charge in [0, 0.05) is 23.8 Å². The summed E-state index contributed by atoms with van der Waals surface area (Å²) in [5, 5.41) is 3.40. The van der Waals surface area contributed by atoms with Crippen molar-refractivity contribution in [3.05, 3.63) is 29.3 Å². The minimum Gasteiger partial charge on any atom is -0.464 e. The molecule has 0 unspecified atom stereocenters. The van der Waals surface area contributed by atoms with E-state index in [0.717, 1.165) is 25.1 Å². The van der Waals surface area contributed by atoms with Crippen LogP contribution in [0.1, 0.15) is 57.8 Å². The van der Waals surface area contributed by atoms with E-state index in [1.54, 1.807) is 0 Å². The zero-order valence-corrected chi connectivity index (χ0v) is 14.5. The first-order chi connectivity index (χ1) is 10.9. The average molecular weight is 317 g/mol. The summed E-state index contributed by atoms with van der Waals surface area (Å²) in [6, 6.07) is 6.15. The summed E-state index contributed by atoms with van der Waals surface area (Å²) in [7, 11) is 0. The number of fused-ring (bicyclic) bond motifs is 3. The number of carbonyl (C=O) groups is 1. The van der Waals surface area contributed by atoms with Crippen LogP contribution in [0, 0.1) is 5.92 Å².